The highest BCUT2D eigenvalue weighted by molar-refractivity contribution is 5.99. The van der Waals surface area contributed by atoms with Gasteiger partial charge in [-0.15, -0.1) is 0 Å². The minimum atomic E-state index is -0.407. The molecule has 1 fully saturated rings. The van der Waals surface area contributed by atoms with Gasteiger partial charge >= 0.3 is 5.97 Å². The first kappa shape index (κ1) is 18.1. The second-order valence-corrected chi connectivity index (χ2v) is 5.48. The molecule has 1 atom stereocenters. The molecule has 0 bridgehead atoms. The van der Waals surface area contributed by atoms with Gasteiger partial charge in [0.15, 0.2) is 0 Å². The van der Waals surface area contributed by atoms with Crippen molar-refractivity contribution in [2.45, 2.75) is 19.9 Å². The summed E-state index contributed by atoms with van der Waals surface area (Å²) in [7, 11) is 3.14. The second-order valence-electron chi connectivity index (χ2n) is 5.48. The van der Waals surface area contributed by atoms with E-state index in [0.717, 1.165) is 0 Å². The fourth-order valence-corrected chi connectivity index (χ4v) is 2.75. The highest BCUT2D eigenvalue weighted by Crippen LogP contribution is 2.33. The van der Waals surface area contributed by atoms with Gasteiger partial charge in [0.25, 0.3) is 0 Å². The molecule has 0 spiro atoms. The Labute approximate surface area is 142 Å². The Hall–Kier alpha value is -2.28. The number of nitrogens with zero attached hydrogens (tertiary/aromatic N) is 2. The molecule has 0 N–H and O–H groups in total. The van der Waals surface area contributed by atoms with Gasteiger partial charge in [0, 0.05) is 19.2 Å². The Bertz CT molecular complexity index is 605. The van der Waals surface area contributed by atoms with E-state index in [1.54, 1.807) is 45.1 Å². The van der Waals surface area contributed by atoms with Crippen molar-refractivity contribution >= 4 is 17.6 Å². The number of esters is 1. The lowest BCUT2D eigenvalue weighted by molar-refractivity contribution is -0.145. The number of hydrogen-bond acceptors (Lipinski definition) is 6. The monoisotopic (exact) mass is 336 g/mol. The number of carbonyl (C=O) groups excluding carboxylic acids is 2. The number of anilines is 1. The van der Waals surface area contributed by atoms with Crippen molar-refractivity contribution in [3.63, 3.8) is 0 Å². The van der Waals surface area contributed by atoms with E-state index in [-0.39, 0.29) is 18.4 Å². The number of methoxy groups -OCH3 is 2. The van der Waals surface area contributed by atoms with Crippen LogP contribution in [0.2, 0.25) is 0 Å². The molecule has 132 valence electrons. The molecule has 1 aliphatic heterocycles. The van der Waals surface area contributed by atoms with Gasteiger partial charge < -0.3 is 19.1 Å². The van der Waals surface area contributed by atoms with Crippen LogP contribution in [0.5, 0.6) is 11.5 Å². The molecular weight excluding hydrogens is 312 g/mol. The Kier molecular flexibility index (Phi) is 6.03. The number of ether oxygens (including phenoxy) is 3. The van der Waals surface area contributed by atoms with Crippen LogP contribution in [-0.4, -0.2) is 63.3 Å². The quantitative estimate of drug-likeness (QED) is 0.730. The van der Waals surface area contributed by atoms with Crippen molar-refractivity contribution < 1.29 is 23.8 Å². The summed E-state index contributed by atoms with van der Waals surface area (Å²) in [6.45, 7) is 5.08. The lowest BCUT2D eigenvalue weighted by Crippen LogP contribution is -2.57. The largest absolute Gasteiger partial charge is 0.497 e. The summed E-state index contributed by atoms with van der Waals surface area (Å²) in [6.07, 6.45) is 0. The number of amides is 1. The topological polar surface area (TPSA) is 68.3 Å². The van der Waals surface area contributed by atoms with Gasteiger partial charge in [-0.1, -0.05) is 0 Å². The SMILES string of the molecule is CCOC(=O)CN1CCN(c2ccc(OC)cc2OC)C(=O)[C@H]1C. The normalized spacial score (nSPS) is 18.4. The average molecular weight is 336 g/mol. The molecule has 0 aliphatic carbocycles. The van der Waals surface area contributed by atoms with E-state index in [2.05, 4.69) is 0 Å². The summed E-state index contributed by atoms with van der Waals surface area (Å²) < 4.78 is 15.5. The van der Waals surface area contributed by atoms with Gasteiger partial charge in [-0.3, -0.25) is 14.5 Å². The first-order valence-electron chi connectivity index (χ1n) is 7.94. The Morgan fingerprint density at radius 1 is 1.25 bits per heavy atom. The summed E-state index contributed by atoms with van der Waals surface area (Å²) in [6, 6.07) is 4.94. The number of carbonyl (C=O) groups is 2. The third-order valence-electron chi connectivity index (χ3n) is 4.10. The first-order chi connectivity index (χ1) is 11.5. The predicted molar refractivity (Wildman–Crippen MR) is 89.6 cm³/mol. The van der Waals surface area contributed by atoms with E-state index in [9.17, 15) is 9.59 Å². The molecule has 1 aromatic rings. The molecule has 0 saturated carbocycles. The molecule has 2 rings (SSSR count). The minimum Gasteiger partial charge on any atom is -0.497 e. The maximum absolute atomic E-state index is 12.7. The van der Waals surface area contributed by atoms with E-state index in [4.69, 9.17) is 14.2 Å². The fourth-order valence-electron chi connectivity index (χ4n) is 2.75. The molecule has 7 heteroatoms. The maximum Gasteiger partial charge on any atom is 0.320 e. The van der Waals surface area contributed by atoms with Gasteiger partial charge in [-0.05, 0) is 26.0 Å². The number of benzene rings is 1. The third-order valence-corrected chi connectivity index (χ3v) is 4.10. The van der Waals surface area contributed by atoms with Crippen molar-refractivity contribution in [1.29, 1.82) is 0 Å². The molecule has 1 amide bonds. The zero-order chi connectivity index (χ0) is 17.7. The molecule has 24 heavy (non-hydrogen) atoms. The summed E-state index contributed by atoms with van der Waals surface area (Å²) in [5.74, 6) is 0.854. The fraction of sp³-hybridized carbons (Fsp3) is 0.529. The summed E-state index contributed by atoms with van der Waals surface area (Å²) in [4.78, 5) is 27.9. The van der Waals surface area contributed by atoms with Gasteiger partial charge in [-0.2, -0.15) is 0 Å². The second kappa shape index (κ2) is 8.01. The molecule has 0 radical (unpaired) electrons. The van der Waals surface area contributed by atoms with Crippen LogP contribution >= 0.6 is 0 Å². The van der Waals surface area contributed by atoms with Crippen molar-refractivity contribution in [2.75, 3.05) is 45.4 Å². The number of hydrogen-bond donors (Lipinski definition) is 0. The molecule has 1 aromatic carbocycles. The van der Waals surface area contributed by atoms with Crippen molar-refractivity contribution in [1.82, 2.24) is 4.90 Å². The zero-order valence-electron chi connectivity index (χ0n) is 14.6. The molecule has 1 heterocycles. The van der Waals surface area contributed by atoms with E-state index < -0.39 is 6.04 Å². The molecule has 1 aliphatic rings. The standard InChI is InChI=1S/C17H24N2O5/c1-5-24-16(20)11-18-8-9-19(17(21)12(18)2)14-7-6-13(22-3)10-15(14)23-4/h6-7,10,12H,5,8-9,11H2,1-4H3/t12-/m1/s1. The van der Waals surface area contributed by atoms with Crippen LogP contribution in [0.4, 0.5) is 5.69 Å². The number of piperazine rings is 1. The van der Waals surface area contributed by atoms with Crippen molar-refractivity contribution in [3.05, 3.63) is 18.2 Å². The lowest BCUT2D eigenvalue weighted by atomic mass is 10.1. The van der Waals surface area contributed by atoms with Crippen LogP contribution in [0.1, 0.15) is 13.8 Å². The van der Waals surface area contributed by atoms with Gasteiger partial charge in [0.05, 0.1) is 39.1 Å². The summed E-state index contributed by atoms with van der Waals surface area (Å²) >= 11 is 0. The Morgan fingerprint density at radius 2 is 2.00 bits per heavy atom. The number of rotatable bonds is 6. The van der Waals surface area contributed by atoms with Gasteiger partial charge in [-0.25, -0.2) is 0 Å². The van der Waals surface area contributed by atoms with Crippen molar-refractivity contribution in [2.24, 2.45) is 0 Å². The van der Waals surface area contributed by atoms with Crippen LogP contribution in [0.25, 0.3) is 0 Å². The van der Waals surface area contributed by atoms with Gasteiger partial charge in [0.1, 0.15) is 11.5 Å². The highest BCUT2D eigenvalue weighted by Gasteiger charge is 2.34. The highest BCUT2D eigenvalue weighted by atomic mass is 16.5. The van der Waals surface area contributed by atoms with E-state index >= 15 is 0 Å². The summed E-state index contributed by atoms with van der Waals surface area (Å²) in [5.41, 5.74) is 0.700. The Morgan fingerprint density at radius 3 is 2.62 bits per heavy atom. The van der Waals surface area contributed by atoms with Crippen LogP contribution in [0, 0.1) is 0 Å². The smallest absolute Gasteiger partial charge is 0.320 e. The molecule has 0 unspecified atom stereocenters. The van der Waals surface area contributed by atoms with E-state index in [1.807, 2.05) is 11.0 Å². The van der Waals surface area contributed by atoms with E-state index in [1.165, 1.54) is 0 Å². The zero-order valence-corrected chi connectivity index (χ0v) is 14.6. The maximum atomic E-state index is 12.7. The predicted octanol–water partition coefficient (Wildman–Crippen LogP) is 1.30. The van der Waals surface area contributed by atoms with Crippen LogP contribution in [0.15, 0.2) is 18.2 Å². The third kappa shape index (κ3) is 3.79. The average Bonchev–Trinajstić information content (AvgIpc) is 2.59. The lowest BCUT2D eigenvalue weighted by Gasteiger charge is -2.38. The first-order valence-corrected chi connectivity index (χ1v) is 7.94. The summed E-state index contributed by atoms with van der Waals surface area (Å²) in [5, 5.41) is 0. The van der Waals surface area contributed by atoms with Crippen molar-refractivity contribution in [3.8, 4) is 11.5 Å². The molecule has 0 aromatic heterocycles. The Balaban J connectivity index is 2.15. The van der Waals surface area contributed by atoms with Crippen LogP contribution in [-0.2, 0) is 14.3 Å². The molecule has 1 saturated heterocycles. The van der Waals surface area contributed by atoms with Crippen LogP contribution < -0.4 is 14.4 Å². The molecule has 7 nitrogen and oxygen atoms in total. The minimum absolute atomic E-state index is 0.0750. The van der Waals surface area contributed by atoms with E-state index in [0.29, 0.717) is 36.9 Å². The van der Waals surface area contributed by atoms with Gasteiger partial charge in [0.2, 0.25) is 5.91 Å². The molecular formula is C17H24N2O5. The van der Waals surface area contributed by atoms with Crippen LogP contribution in [0.3, 0.4) is 0 Å².